The molecular formula is C20H24N8OS. The zero-order valence-corrected chi connectivity index (χ0v) is 18.1. The molecule has 0 spiro atoms. The lowest BCUT2D eigenvalue weighted by Crippen LogP contribution is -2.50. The first-order valence-corrected chi connectivity index (χ1v) is 10.7. The Morgan fingerprint density at radius 2 is 1.93 bits per heavy atom. The van der Waals surface area contributed by atoms with E-state index < -0.39 is 0 Å². The quantitative estimate of drug-likeness (QED) is 0.686. The predicted octanol–water partition coefficient (Wildman–Crippen LogP) is 3.18. The van der Waals surface area contributed by atoms with Crippen molar-refractivity contribution in [2.45, 2.75) is 26.7 Å². The first-order valence-electron chi connectivity index (χ1n) is 9.91. The van der Waals surface area contributed by atoms with Crippen LogP contribution in [0.25, 0.3) is 10.7 Å². The van der Waals surface area contributed by atoms with E-state index in [0.717, 1.165) is 36.1 Å². The predicted molar refractivity (Wildman–Crippen MR) is 117 cm³/mol. The Kier molecular flexibility index (Phi) is 5.84. The second kappa shape index (κ2) is 8.70. The van der Waals surface area contributed by atoms with Crippen molar-refractivity contribution in [3.05, 3.63) is 42.0 Å². The monoisotopic (exact) mass is 424 g/mol. The topological polar surface area (TPSA) is 100 Å². The van der Waals surface area contributed by atoms with E-state index in [2.05, 4.69) is 44.2 Å². The molecule has 0 aromatic carbocycles. The molecular weight excluding hydrogens is 400 g/mol. The minimum Gasteiger partial charge on any atom is -0.353 e. The van der Waals surface area contributed by atoms with Gasteiger partial charge in [-0.1, -0.05) is 31.3 Å². The van der Waals surface area contributed by atoms with Gasteiger partial charge in [0.25, 0.3) is 0 Å². The highest BCUT2D eigenvalue weighted by Crippen LogP contribution is 2.25. The Morgan fingerprint density at radius 1 is 1.13 bits per heavy atom. The molecule has 0 bridgehead atoms. The van der Waals surface area contributed by atoms with Crippen LogP contribution in [-0.4, -0.2) is 62.3 Å². The zero-order valence-electron chi connectivity index (χ0n) is 17.2. The molecule has 3 aromatic rings. The zero-order chi connectivity index (χ0) is 21.1. The number of nitrogens with zero attached hydrogens (tertiary/aromatic N) is 7. The third-order valence-electron chi connectivity index (χ3n) is 4.79. The number of aromatic nitrogens is 5. The molecule has 1 saturated heterocycles. The van der Waals surface area contributed by atoms with Crippen molar-refractivity contribution in [1.29, 1.82) is 0 Å². The number of urea groups is 1. The van der Waals surface area contributed by atoms with E-state index >= 15 is 0 Å². The fourth-order valence-corrected chi connectivity index (χ4v) is 3.88. The highest BCUT2D eigenvalue weighted by molar-refractivity contribution is 7.18. The maximum Gasteiger partial charge on any atom is 0.323 e. The Hall–Kier alpha value is -3.14. The molecule has 30 heavy (non-hydrogen) atoms. The fourth-order valence-electron chi connectivity index (χ4n) is 3.17. The molecule has 0 saturated carbocycles. The van der Waals surface area contributed by atoms with Gasteiger partial charge in [-0.2, -0.15) is 0 Å². The van der Waals surface area contributed by atoms with Gasteiger partial charge < -0.3 is 9.80 Å². The summed E-state index contributed by atoms with van der Waals surface area (Å²) in [5.41, 5.74) is 1.70. The summed E-state index contributed by atoms with van der Waals surface area (Å²) < 4.78 is 0. The van der Waals surface area contributed by atoms with Gasteiger partial charge in [0, 0.05) is 50.1 Å². The van der Waals surface area contributed by atoms with E-state index in [4.69, 9.17) is 4.98 Å². The second-order valence-corrected chi connectivity index (χ2v) is 8.39. The standard InChI is InChI=1S/C20H24N8OS/c1-13(2)17-22-14(3)12-16(23-17)27-8-10-28(11-9-27)20(29)24-19-26-25-18(30-19)15-6-4-5-7-21-15/h4-7,12-13H,8-11H2,1-3H3,(H,24,26,29). The van der Waals surface area contributed by atoms with Crippen molar-refractivity contribution in [2.24, 2.45) is 0 Å². The van der Waals surface area contributed by atoms with E-state index in [1.807, 2.05) is 31.2 Å². The Balaban J connectivity index is 1.35. The summed E-state index contributed by atoms with van der Waals surface area (Å²) in [6, 6.07) is 7.44. The van der Waals surface area contributed by atoms with Gasteiger partial charge in [-0.15, -0.1) is 10.2 Å². The van der Waals surface area contributed by atoms with Crippen molar-refractivity contribution < 1.29 is 4.79 Å². The molecule has 4 rings (SSSR count). The molecule has 1 fully saturated rings. The molecule has 0 aliphatic carbocycles. The summed E-state index contributed by atoms with van der Waals surface area (Å²) in [7, 11) is 0. The Labute approximate surface area is 179 Å². The Bertz CT molecular complexity index is 1010. The summed E-state index contributed by atoms with van der Waals surface area (Å²) in [5.74, 6) is 2.05. The van der Waals surface area contributed by atoms with Crippen LogP contribution < -0.4 is 10.2 Å². The van der Waals surface area contributed by atoms with Crippen LogP contribution >= 0.6 is 11.3 Å². The SMILES string of the molecule is Cc1cc(N2CCN(C(=O)Nc3nnc(-c4ccccn4)s3)CC2)nc(C(C)C)n1. The summed E-state index contributed by atoms with van der Waals surface area (Å²) in [6.07, 6.45) is 1.71. The first-order chi connectivity index (χ1) is 14.5. The van der Waals surface area contributed by atoms with Crippen LogP contribution in [0, 0.1) is 6.92 Å². The van der Waals surface area contributed by atoms with Crippen molar-refractivity contribution in [3.63, 3.8) is 0 Å². The number of rotatable bonds is 4. The van der Waals surface area contributed by atoms with E-state index in [9.17, 15) is 4.79 Å². The van der Waals surface area contributed by atoms with Crippen LogP contribution in [-0.2, 0) is 0 Å². The highest BCUT2D eigenvalue weighted by Gasteiger charge is 2.23. The number of anilines is 2. The Morgan fingerprint density at radius 3 is 2.63 bits per heavy atom. The average Bonchev–Trinajstić information content (AvgIpc) is 3.22. The second-order valence-electron chi connectivity index (χ2n) is 7.41. The number of carbonyl (C=O) groups excluding carboxylic acids is 1. The molecule has 9 nitrogen and oxygen atoms in total. The minimum atomic E-state index is -0.167. The molecule has 4 heterocycles. The molecule has 1 N–H and O–H groups in total. The van der Waals surface area contributed by atoms with Crippen LogP contribution in [0.5, 0.6) is 0 Å². The number of amides is 2. The van der Waals surface area contributed by atoms with E-state index in [-0.39, 0.29) is 11.9 Å². The summed E-state index contributed by atoms with van der Waals surface area (Å²) in [4.78, 5) is 30.1. The minimum absolute atomic E-state index is 0.167. The highest BCUT2D eigenvalue weighted by atomic mass is 32.1. The molecule has 1 aliphatic rings. The van der Waals surface area contributed by atoms with E-state index in [0.29, 0.717) is 23.2 Å². The number of nitrogens with one attached hydrogen (secondary N) is 1. The van der Waals surface area contributed by atoms with Crippen molar-refractivity contribution in [2.75, 3.05) is 36.4 Å². The lowest BCUT2D eigenvalue weighted by molar-refractivity contribution is 0.208. The van der Waals surface area contributed by atoms with Gasteiger partial charge in [0.2, 0.25) is 5.13 Å². The normalized spacial score (nSPS) is 14.3. The lowest BCUT2D eigenvalue weighted by atomic mass is 10.2. The average molecular weight is 425 g/mol. The van der Waals surface area contributed by atoms with Gasteiger partial charge in [-0.3, -0.25) is 10.3 Å². The maximum absolute atomic E-state index is 12.6. The molecule has 156 valence electrons. The maximum atomic E-state index is 12.6. The molecule has 0 atom stereocenters. The smallest absolute Gasteiger partial charge is 0.323 e. The van der Waals surface area contributed by atoms with Gasteiger partial charge >= 0.3 is 6.03 Å². The number of piperazine rings is 1. The van der Waals surface area contributed by atoms with Crippen LogP contribution in [0.15, 0.2) is 30.5 Å². The molecule has 0 unspecified atom stereocenters. The van der Waals surface area contributed by atoms with Crippen LogP contribution in [0.2, 0.25) is 0 Å². The summed E-state index contributed by atoms with van der Waals surface area (Å²) in [5, 5.41) is 12.2. The summed E-state index contributed by atoms with van der Waals surface area (Å²) >= 11 is 1.31. The number of hydrogen-bond acceptors (Lipinski definition) is 8. The van der Waals surface area contributed by atoms with Crippen LogP contribution in [0.4, 0.5) is 15.7 Å². The summed E-state index contributed by atoms with van der Waals surface area (Å²) in [6.45, 7) is 8.83. The van der Waals surface area contributed by atoms with Gasteiger partial charge in [0.15, 0.2) is 5.01 Å². The number of hydrogen-bond donors (Lipinski definition) is 1. The fraction of sp³-hybridized carbons (Fsp3) is 0.400. The van der Waals surface area contributed by atoms with Crippen molar-refractivity contribution in [3.8, 4) is 10.7 Å². The van der Waals surface area contributed by atoms with Gasteiger partial charge in [-0.25, -0.2) is 14.8 Å². The van der Waals surface area contributed by atoms with Gasteiger partial charge in [-0.05, 0) is 19.1 Å². The van der Waals surface area contributed by atoms with Crippen LogP contribution in [0.3, 0.4) is 0 Å². The molecule has 10 heteroatoms. The molecule has 3 aromatic heterocycles. The molecule has 0 radical (unpaired) electrons. The first kappa shape index (κ1) is 20.1. The largest absolute Gasteiger partial charge is 0.353 e. The molecule has 1 aliphatic heterocycles. The number of carbonyl (C=O) groups is 1. The van der Waals surface area contributed by atoms with Gasteiger partial charge in [0.05, 0.1) is 0 Å². The van der Waals surface area contributed by atoms with E-state index in [1.54, 1.807) is 11.1 Å². The lowest BCUT2D eigenvalue weighted by Gasteiger charge is -2.35. The molecule has 2 amide bonds. The number of aryl methyl sites for hydroxylation is 1. The van der Waals surface area contributed by atoms with E-state index in [1.165, 1.54) is 11.3 Å². The van der Waals surface area contributed by atoms with Crippen molar-refractivity contribution in [1.82, 2.24) is 30.0 Å². The third-order valence-corrected chi connectivity index (χ3v) is 5.65. The van der Waals surface area contributed by atoms with Crippen LogP contribution in [0.1, 0.15) is 31.3 Å². The third kappa shape index (κ3) is 4.54. The number of pyridine rings is 1. The van der Waals surface area contributed by atoms with Gasteiger partial charge in [0.1, 0.15) is 17.3 Å². The van der Waals surface area contributed by atoms with Crippen molar-refractivity contribution >= 4 is 28.3 Å².